The fourth-order valence-corrected chi connectivity index (χ4v) is 2.61. The molecule has 3 aromatic rings. The van der Waals surface area contributed by atoms with Crippen LogP contribution < -0.4 is 16.4 Å². The molecule has 1 heterocycles. The standard InChI is InChI=1S/C18H14ClFN4O3/c1-22-16(26)9-5-7-10(8-6-9)23-18-14(15(21)25)24-17(27-18)13-11(19)3-2-4-12(13)20/h2-8,23H,1H3,(H2,21,25)(H,22,26). The van der Waals surface area contributed by atoms with Crippen LogP contribution in [0.25, 0.3) is 11.5 Å². The van der Waals surface area contributed by atoms with Crippen LogP contribution in [0.4, 0.5) is 16.0 Å². The van der Waals surface area contributed by atoms with Crippen LogP contribution in [0.5, 0.6) is 0 Å². The largest absolute Gasteiger partial charge is 0.419 e. The average Bonchev–Trinajstić information content (AvgIpc) is 3.05. The van der Waals surface area contributed by atoms with E-state index in [0.29, 0.717) is 11.3 Å². The Labute approximate surface area is 158 Å². The Morgan fingerprint density at radius 2 is 1.89 bits per heavy atom. The van der Waals surface area contributed by atoms with Gasteiger partial charge in [0.05, 0.1) is 10.6 Å². The third-order valence-corrected chi connectivity index (χ3v) is 3.98. The van der Waals surface area contributed by atoms with Crippen molar-refractivity contribution < 1.29 is 18.4 Å². The van der Waals surface area contributed by atoms with E-state index in [1.807, 2.05) is 0 Å². The van der Waals surface area contributed by atoms with Crippen molar-refractivity contribution in [2.24, 2.45) is 5.73 Å². The Bertz CT molecular complexity index is 998. The lowest BCUT2D eigenvalue weighted by molar-refractivity contribution is 0.0961. The summed E-state index contributed by atoms with van der Waals surface area (Å²) < 4.78 is 19.6. The maximum Gasteiger partial charge on any atom is 0.273 e. The predicted octanol–water partition coefficient (Wildman–Crippen LogP) is 3.34. The van der Waals surface area contributed by atoms with Gasteiger partial charge in [0.2, 0.25) is 11.8 Å². The number of rotatable bonds is 5. The van der Waals surface area contributed by atoms with Crippen LogP contribution in [0.1, 0.15) is 20.8 Å². The molecule has 138 valence electrons. The highest BCUT2D eigenvalue weighted by molar-refractivity contribution is 6.33. The number of hydrogen-bond donors (Lipinski definition) is 3. The number of benzene rings is 2. The first-order valence-electron chi connectivity index (χ1n) is 7.75. The van der Waals surface area contributed by atoms with Crippen LogP contribution in [0, 0.1) is 5.82 Å². The van der Waals surface area contributed by atoms with Crippen molar-refractivity contribution in [2.45, 2.75) is 0 Å². The number of nitrogens with one attached hydrogen (secondary N) is 2. The minimum Gasteiger partial charge on any atom is -0.419 e. The quantitative estimate of drug-likeness (QED) is 0.621. The van der Waals surface area contributed by atoms with Gasteiger partial charge in [-0.3, -0.25) is 9.59 Å². The molecule has 4 N–H and O–H groups in total. The summed E-state index contributed by atoms with van der Waals surface area (Å²) >= 11 is 6.01. The number of nitrogens with zero attached hydrogens (tertiary/aromatic N) is 1. The molecule has 0 aliphatic rings. The van der Waals surface area contributed by atoms with Gasteiger partial charge in [0.15, 0.2) is 5.69 Å². The van der Waals surface area contributed by atoms with Crippen molar-refractivity contribution in [3.05, 3.63) is 64.6 Å². The Morgan fingerprint density at radius 1 is 1.19 bits per heavy atom. The first-order valence-corrected chi connectivity index (χ1v) is 8.12. The second-order valence-corrected chi connectivity index (χ2v) is 5.85. The molecule has 0 atom stereocenters. The maximum absolute atomic E-state index is 14.1. The highest BCUT2D eigenvalue weighted by Crippen LogP contribution is 2.33. The molecule has 2 aromatic carbocycles. The minimum absolute atomic E-state index is 0.0653. The number of carbonyl (C=O) groups is 2. The van der Waals surface area contributed by atoms with Gasteiger partial charge in [0, 0.05) is 18.3 Å². The molecule has 0 fully saturated rings. The van der Waals surface area contributed by atoms with Crippen molar-refractivity contribution in [3.8, 4) is 11.5 Å². The third-order valence-electron chi connectivity index (χ3n) is 3.67. The Balaban J connectivity index is 1.97. The number of amides is 2. The average molecular weight is 389 g/mol. The van der Waals surface area contributed by atoms with Crippen LogP contribution in [-0.2, 0) is 0 Å². The normalized spacial score (nSPS) is 10.5. The number of primary amides is 1. The van der Waals surface area contributed by atoms with Gasteiger partial charge in [0.25, 0.3) is 11.8 Å². The molecule has 0 spiro atoms. The summed E-state index contributed by atoms with van der Waals surface area (Å²) in [6.45, 7) is 0. The van der Waals surface area contributed by atoms with Gasteiger partial charge >= 0.3 is 0 Å². The van der Waals surface area contributed by atoms with E-state index in [-0.39, 0.29) is 34.0 Å². The van der Waals surface area contributed by atoms with E-state index in [0.717, 1.165) is 0 Å². The predicted molar refractivity (Wildman–Crippen MR) is 98.5 cm³/mol. The van der Waals surface area contributed by atoms with Crippen LogP contribution in [0.15, 0.2) is 46.9 Å². The summed E-state index contributed by atoms with van der Waals surface area (Å²) in [5.74, 6) is -2.00. The van der Waals surface area contributed by atoms with Crippen LogP contribution in [-0.4, -0.2) is 23.8 Å². The zero-order valence-electron chi connectivity index (χ0n) is 14.0. The molecule has 2 amide bonds. The molecule has 0 aliphatic heterocycles. The second-order valence-electron chi connectivity index (χ2n) is 5.44. The van der Waals surface area contributed by atoms with Gasteiger partial charge in [-0.25, -0.2) is 9.37 Å². The van der Waals surface area contributed by atoms with Crippen LogP contribution in [0.2, 0.25) is 5.02 Å². The minimum atomic E-state index is -0.859. The van der Waals surface area contributed by atoms with E-state index in [9.17, 15) is 14.0 Å². The monoisotopic (exact) mass is 388 g/mol. The molecule has 9 heteroatoms. The Morgan fingerprint density at radius 3 is 2.48 bits per heavy atom. The molecule has 0 aliphatic carbocycles. The molecule has 3 rings (SSSR count). The van der Waals surface area contributed by atoms with E-state index in [2.05, 4.69) is 15.6 Å². The molecule has 1 aromatic heterocycles. The van der Waals surface area contributed by atoms with Crippen molar-refractivity contribution in [1.29, 1.82) is 0 Å². The van der Waals surface area contributed by atoms with Gasteiger partial charge in [-0.1, -0.05) is 17.7 Å². The van der Waals surface area contributed by atoms with Gasteiger partial charge in [-0.05, 0) is 36.4 Å². The van der Waals surface area contributed by atoms with E-state index in [1.165, 1.54) is 25.2 Å². The third kappa shape index (κ3) is 3.75. The number of anilines is 2. The zero-order valence-corrected chi connectivity index (χ0v) is 14.8. The van der Waals surface area contributed by atoms with Gasteiger partial charge in [-0.15, -0.1) is 0 Å². The Hall–Kier alpha value is -3.39. The van der Waals surface area contributed by atoms with E-state index < -0.39 is 11.7 Å². The molecule has 27 heavy (non-hydrogen) atoms. The molecule has 0 saturated carbocycles. The highest BCUT2D eigenvalue weighted by Gasteiger charge is 2.22. The van der Waals surface area contributed by atoms with E-state index in [4.69, 9.17) is 21.8 Å². The highest BCUT2D eigenvalue weighted by atomic mass is 35.5. The topological polar surface area (TPSA) is 110 Å². The zero-order chi connectivity index (χ0) is 19.6. The molecule has 0 radical (unpaired) electrons. The molecule has 0 unspecified atom stereocenters. The van der Waals surface area contributed by atoms with Gasteiger partial charge < -0.3 is 20.8 Å². The van der Waals surface area contributed by atoms with Crippen molar-refractivity contribution in [2.75, 3.05) is 12.4 Å². The van der Waals surface area contributed by atoms with Crippen molar-refractivity contribution >= 4 is 35.0 Å². The van der Waals surface area contributed by atoms with E-state index in [1.54, 1.807) is 24.3 Å². The lowest BCUT2D eigenvalue weighted by atomic mass is 10.2. The molecular weight excluding hydrogens is 375 g/mol. The molecule has 7 nitrogen and oxygen atoms in total. The summed E-state index contributed by atoms with van der Waals surface area (Å²) in [5, 5.41) is 5.43. The van der Waals surface area contributed by atoms with Crippen LogP contribution >= 0.6 is 11.6 Å². The second kappa shape index (κ2) is 7.46. The summed E-state index contributed by atoms with van der Waals surface area (Å²) in [6.07, 6.45) is 0. The maximum atomic E-state index is 14.1. The first-order chi connectivity index (χ1) is 12.9. The number of carbonyl (C=O) groups excluding carboxylic acids is 2. The summed E-state index contributed by atoms with van der Waals surface area (Å²) in [5.41, 5.74) is 6.01. The van der Waals surface area contributed by atoms with Crippen LogP contribution in [0.3, 0.4) is 0 Å². The fourth-order valence-electron chi connectivity index (χ4n) is 2.36. The van der Waals surface area contributed by atoms with Crippen molar-refractivity contribution in [3.63, 3.8) is 0 Å². The van der Waals surface area contributed by atoms with Gasteiger partial charge in [-0.2, -0.15) is 0 Å². The first kappa shape index (κ1) is 18.4. The lowest BCUT2D eigenvalue weighted by Gasteiger charge is -2.05. The number of halogens is 2. The van der Waals surface area contributed by atoms with Gasteiger partial charge in [0.1, 0.15) is 5.82 Å². The molecular formula is C18H14ClFN4O3. The number of nitrogens with two attached hydrogens (primary N) is 1. The van der Waals surface area contributed by atoms with Crippen molar-refractivity contribution in [1.82, 2.24) is 10.3 Å². The number of hydrogen-bond acceptors (Lipinski definition) is 5. The van der Waals surface area contributed by atoms with E-state index >= 15 is 0 Å². The fraction of sp³-hybridized carbons (Fsp3) is 0.0556. The molecule has 0 saturated heterocycles. The Kier molecular flexibility index (Phi) is 5.09. The number of oxazole rings is 1. The summed E-state index contributed by atoms with van der Waals surface area (Å²) in [7, 11) is 1.53. The smallest absolute Gasteiger partial charge is 0.273 e. The summed E-state index contributed by atoms with van der Waals surface area (Å²) in [6, 6.07) is 10.5. The SMILES string of the molecule is CNC(=O)c1ccc(Nc2oc(-c3c(F)cccc3Cl)nc2C(N)=O)cc1. The lowest BCUT2D eigenvalue weighted by Crippen LogP contribution is -2.17. The summed E-state index contributed by atoms with van der Waals surface area (Å²) in [4.78, 5) is 27.2. The molecule has 0 bridgehead atoms. The number of aromatic nitrogens is 1.